The Labute approximate surface area is 119 Å². The van der Waals surface area contributed by atoms with Crippen LogP contribution in [-0.4, -0.2) is 35.1 Å². The van der Waals surface area contributed by atoms with Crippen molar-refractivity contribution in [2.75, 3.05) is 19.0 Å². The summed E-state index contributed by atoms with van der Waals surface area (Å²) in [5.41, 5.74) is 0.283. The molecular weight excluding hydrogens is 256 g/mol. The summed E-state index contributed by atoms with van der Waals surface area (Å²) in [7, 11) is 1.55. The fraction of sp³-hybridized carbons (Fsp3) is 0.643. The molecule has 0 radical (unpaired) electrons. The van der Waals surface area contributed by atoms with E-state index in [1.807, 2.05) is 6.92 Å². The minimum atomic E-state index is -0.477. The minimum Gasteiger partial charge on any atom is -0.481 e. The maximum Gasteiger partial charge on any atom is 0.247 e. The Morgan fingerprint density at radius 3 is 2.95 bits per heavy atom. The number of carbonyl (C=O) groups excluding carboxylic acids is 1. The second-order valence-electron chi connectivity index (χ2n) is 5.19. The summed E-state index contributed by atoms with van der Waals surface area (Å²) in [5, 5.41) is 6.16. The van der Waals surface area contributed by atoms with Gasteiger partial charge >= 0.3 is 0 Å². The summed E-state index contributed by atoms with van der Waals surface area (Å²) >= 11 is 0. The van der Waals surface area contributed by atoms with Crippen LogP contribution in [-0.2, 0) is 4.79 Å². The van der Waals surface area contributed by atoms with E-state index in [0.717, 1.165) is 37.9 Å². The predicted molar refractivity (Wildman–Crippen MR) is 76.8 cm³/mol. The van der Waals surface area contributed by atoms with Gasteiger partial charge in [-0.2, -0.15) is 4.98 Å². The summed E-state index contributed by atoms with van der Waals surface area (Å²) in [6.45, 7) is 4.81. The third-order valence-corrected chi connectivity index (χ3v) is 3.62. The van der Waals surface area contributed by atoms with Gasteiger partial charge in [0.05, 0.1) is 12.6 Å². The Morgan fingerprint density at radius 1 is 1.55 bits per heavy atom. The van der Waals surface area contributed by atoms with Gasteiger partial charge in [0.1, 0.15) is 0 Å². The second-order valence-corrected chi connectivity index (χ2v) is 5.19. The smallest absolute Gasteiger partial charge is 0.247 e. The van der Waals surface area contributed by atoms with Gasteiger partial charge in [-0.3, -0.25) is 10.1 Å². The second kappa shape index (κ2) is 6.17. The van der Waals surface area contributed by atoms with Crippen LogP contribution in [0.4, 0.5) is 5.95 Å². The Morgan fingerprint density at radius 2 is 2.35 bits per heavy atom. The molecule has 0 aromatic carbocycles. The van der Waals surface area contributed by atoms with E-state index in [1.165, 1.54) is 0 Å². The van der Waals surface area contributed by atoms with Crippen LogP contribution < -0.4 is 15.4 Å². The van der Waals surface area contributed by atoms with Crippen LogP contribution in [0.3, 0.4) is 0 Å². The number of ether oxygens (including phenoxy) is 1. The average Bonchev–Trinajstić information content (AvgIpc) is 2.88. The molecule has 1 fully saturated rings. The van der Waals surface area contributed by atoms with E-state index < -0.39 is 5.54 Å². The maximum absolute atomic E-state index is 12.5. The molecule has 2 rings (SSSR count). The fourth-order valence-corrected chi connectivity index (χ4v) is 2.68. The number of amides is 1. The lowest BCUT2D eigenvalue weighted by Gasteiger charge is -2.27. The molecule has 1 saturated heterocycles. The first-order chi connectivity index (χ1) is 9.59. The first-order valence-corrected chi connectivity index (χ1v) is 7.06. The average molecular weight is 278 g/mol. The molecule has 0 saturated carbocycles. The van der Waals surface area contributed by atoms with E-state index >= 15 is 0 Å². The van der Waals surface area contributed by atoms with Crippen LogP contribution in [0.2, 0.25) is 0 Å². The van der Waals surface area contributed by atoms with Crippen molar-refractivity contribution in [1.82, 2.24) is 15.3 Å². The van der Waals surface area contributed by atoms with Crippen LogP contribution >= 0.6 is 0 Å². The molecular formula is C14H22N4O2. The first kappa shape index (κ1) is 14.7. The molecule has 1 aromatic rings. The van der Waals surface area contributed by atoms with Gasteiger partial charge in [-0.1, -0.05) is 13.3 Å². The summed E-state index contributed by atoms with van der Waals surface area (Å²) < 4.78 is 5.10. The van der Waals surface area contributed by atoms with E-state index in [0.29, 0.717) is 11.8 Å². The van der Waals surface area contributed by atoms with Gasteiger partial charge in [0.15, 0.2) is 0 Å². The van der Waals surface area contributed by atoms with E-state index in [1.54, 1.807) is 13.2 Å². The number of aryl methyl sites for hydroxylation is 1. The molecule has 20 heavy (non-hydrogen) atoms. The number of hydrogen-bond donors (Lipinski definition) is 2. The van der Waals surface area contributed by atoms with Crippen molar-refractivity contribution in [1.29, 1.82) is 0 Å². The molecule has 2 heterocycles. The molecule has 0 bridgehead atoms. The van der Waals surface area contributed by atoms with E-state index in [-0.39, 0.29) is 5.91 Å². The summed E-state index contributed by atoms with van der Waals surface area (Å²) in [4.78, 5) is 20.9. The topological polar surface area (TPSA) is 76.1 Å². The molecule has 6 nitrogen and oxygen atoms in total. The molecule has 0 aliphatic carbocycles. The Hall–Kier alpha value is -1.69. The van der Waals surface area contributed by atoms with Crippen molar-refractivity contribution in [2.45, 2.75) is 45.1 Å². The van der Waals surface area contributed by atoms with Gasteiger partial charge in [-0.05, 0) is 32.7 Å². The fourth-order valence-electron chi connectivity index (χ4n) is 2.68. The van der Waals surface area contributed by atoms with Crippen LogP contribution in [0.5, 0.6) is 5.88 Å². The van der Waals surface area contributed by atoms with Gasteiger partial charge in [-0.25, -0.2) is 4.98 Å². The molecule has 0 spiro atoms. The monoisotopic (exact) mass is 278 g/mol. The highest BCUT2D eigenvalue weighted by Gasteiger charge is 2.40. The van der Waals surface area contributed by atoms with Crippen LogP contribution in [0.1, 0.15) is 38.3 Å². The molecule has 110 valence electrons. The van der Waals surface area contributed by atoms with Gasteiger partial charge in [0.2, 0.25) is 17.7 Å². The third kappa shape index (κ3) is 3.07. The molecule has 1 atom stereocenters. The number of nitrogens with zero attached hydrogens (tertiary/aromatic N) is 2. The van der Waals surface area contributed by atoms with E-state index in [9.17, 15) is 4.79 Å². The Kier molecular flexibility index (Phi) is 4.54. The predicted octanol–water partition coefficient (Wildman–Crippen LogP) is 1.65. The number of nitrogens with one attached hydrogen (secondary N) is 2. The van der Waals surface area contributed by atoms with Crippen molar-refractivity contribution < 1.29 is 9.53 Å². The van der Waals surface area contributed by atoms with Gasteiger partial charge in [-0.15, -0.1) is 0 Å². The van der Waals surface area contributed by atoms with Crippen molar-refractivity contribution >= 4 is 11.9 Å². The lowest BCUT2D eigenvalue weighted by Crippen LogP contribution is -2.50. The first-order valence-electron chi connectivity index (χ1n) is 7.06. The minimum absolute atomic E-state index is 0.0514. The SMILES string of the molecule is CCCC1(C(=O)Nc2nc(C)cc(OC)n2)CCCN1. The zero-order valence-electron chi connectivity index (χ0n) is 12.3. The zero-order chi connectivity index (χ0) is 14.6. The largest absolute Gasteiger partial charge is 0.481 e. The lowest BCUT2D eigenvalue weighted by atomic mass is 9.91. The van der Waals surface area contributed by atoms with E-state index in [2.05, 4.69) is 27.5 Å². The number of rotatable bonds is 5. The number of methoxy groups -OCH3 is 1. The molecule has 1 aromatic heterocycles. The third-order valence-electron chi connectivity index (χ3n) is 3.62. The molecule has 1 aliphatic heterocycles. The van der Waals surface area contributed by atoms with Gasteiger partial charge in [0.25, 0.3) is 0 Å². The van der Waals surface area contributed by atoms with Gasteiger partial charge in [0, 0.05) is 11.8 Å². The summed E-state index contributed by atoms with van der Waals surface area (Å²) in [6.07, 6.45) is 3.65. The standard InChI is InChI=1S/C14H22N4O2/c1-4-6-14(7-5-8-15-14)12(19)18-13-16-10(2)9-11(17-13)20-3/h9,15H,4-8H2,1-3H3,(H,16,17,18,19). The molecule has 1 aliphatic rings. The quantitative estimate of drug-likeness (QED) is 0.856. The van der Waals surface area contributed by atoms with Crippen LogP contribution in [0.15, 0.2) is 6.07 Å². The van der Waals surface area contributed by atoms with E-state index in [4.69, 9.17) is 4.74 Å². The number of anilines is 1. The maximum atomic E-state index is 12.5. The highest BCUT2D eigenvalue weighted by atomic mass is 16.5. The number of aromatic nitrogens is 2. The Balaban J connectivity index is 2.16. The normalized spacial score (nSPS) is 21.8. The van der Waals surface area contributed by atoms with Crippen LogP contribution in [0.25, 0.3) is 0 Å². The van der Waals surface area contributed by atoms with Crippen molar-refractivity contribution in [2.24, 2.45) is 0 Å². The lowest BCUT2D eigenvalue weighted by molar-refractivity contribution is -0.122. The summed E-state index contributed by atoms with van der Waals surface area (Å²) in [5.74, 6) is 0.706. The zero-order valence-corrected chi connectivity index (χ0v) is 12.3. The van der Waals surface area contributed by atoms with Gasteiger partial charge < -0.3 is 10.1 Å². The number of carbonyl (C=O) groups is 1. The Bertz CT molecular complexity index is 484. The van der Waals surface area contributed by atoms with Crippen molar-refractivity contribution in [3.63, 3.8) is 0 Å². The van der Waals surface area contributed by atoms with Crippen molar-refractivity contribution in [3.05, 3.63) is 11.8 Å². The van der Waals surface area contributed by atoms with Crippen molar-refractivity contribution in [3.8, 4) is 5.88 Å². The molecule has 1 unspecified atom stereocenters. The number of hydrogen-bond acceptors (Lipinski definition) is 5. The van der Waals surface area contributed by atoms with Crippen LogP contribution in [0, 0.1) is 6.92 Å². The highest BCUT2D eigenvalue weighted by Crippen LogP contribution is 2.26. The molecule has 2 N–H and O–H groups in total. The summed E-state index contributed by atoms with van der Waals surface area (Å²) in [6, 6.07) is 1.73. The highest BCUT2D eigenvalue weighted by molar-refractivity contribution is 5.97. The molecule has 1 amide bonds. The molecule has 6 heteroatoms.